The second kappa shape index (κ2) is 4.34. The van der Waals surface area contributed by atoms with Gasteiger partial charge in [0.05, 0.1) is 6.04 Å². The summed E-state index contributed by atoms with van der Waals surface area (Å²) >= 11 is 0. The number of amidine groups is 1. The highest BCUT2D eigenvalue weighted by molar-refractivity contribution is 5.78. The number of hydroxylamine groups is 1. The number of nitrogens with one attached hydrogen (secondary N) is 1. The summed E-state index contributed by atoms with van der Waals surface area (Å²) in [6.45, 7) is 1.79. The van der Waals surface area contributed by atoms with Crippen LogP contribution in [-0.2, 0) is 0 Å². The average molecular weight is 156 g/mol. The first-order valence-corrected chi connectivity index (χ1v) is 4.27. The van der Waals surface area contributed by atoms with Crippen LogP contribution in [0.25, 0.3) is 0 Å². The summed E-state index contributed by atoms with van der Waals surface area (Å²) in [5.74, 6) is 0.636. The molecule has 0 aromatic heterocycles. The molecule has 0 saturated heterocycles. The highest BCUT2D eigenvalue weighted by Crippen LogP contribution is 2.19. The van der Waals surface area contributed by atoms with Crippen LogP contribution in [0.5, 0.6) is 0 Å². The van der Waals surface area contributed by atoms with Crippen LogP contribution in [0.4, 0.5) is 0 Å². The molecule has 1 fully saturated rings. The smallest absolute Gasteiger partial charge is 0.117 e. The van der Waals surface area contributed by atoms with Crippen LogP contribution in [0.15, 0.2) is 4.99 Å². The van der Waals surface area contributed by atoms with Crippen molar-refractivity contribution in [2.45, 2.75) is 45.1 Å². The summed E-state index contributed by atoms with van der Waals surface area (Å²) in [6, 6.07) is 0.448. The molecule has 0 amide bonds. The van der Waals surface area contributed by atoms with Gasteiger partial charge in [0.15, 0.2) is 0 Å². The van der Waals surface area contributed by atoms with Crippen LogP contribution in [0.2, 0.25) is 0 Å². The fourth-order valence-electron chi connectivity index (χ4n) is 1.51. The largest absolute Gasteiger partial charge is 0.290 e. The molecule has 1 saturated carbocycles. The molecule has 0 radical (unpaired) electrons. The summed E-state index contributed by atoms with van der Waals surface area (Å²) in [4.78, 5) is 4.31. The van der Waals surface area contributed by atoms with Crippen molar-refractivity contribution in [3.05, 3.63) is 0 Å². The number of rotatable bonds is 1. The van der Waals surface area contributed by atoms with Gasteiger partial charge in [0.1, 0.15) is 5.84 Å². The molecule has 0 unspecified atom stereocenters. The topological polar surface area (TPSA) is 44.6 Å². The molecule has 0 aromatic rings. The lowest BCUT2D eigenvalue weighted by Crippen LogP contribution is -2.19. The summed E-state index contributed by atoms with van der Waals surface area (Å²) in [5.41, 5.74) is 2.06. The first-order chi connectivity index (χ1) is 5.33. The maximum atomic E-state index is 8.48. The van der Waals surface area contributed by atoms with Crippen molar-refractivity contribution in [1.82, 2.24) is 5.48 Å². The third kappa shape index (κ3) is 2.89. The van der Waals surface area contributed by atoms with Gasteiger partial charge in [-0.3, -0.25) is 15.7 Å². The van der Waals surface area contributed by atoms with Crippen LogP contribution in [0.1, 0.15) is 39.0 Å². The third-order valence-corrected chi connectivity index (χ3v) is 2.11. The van der Waals surface area contributed by atoms with E-state index in [1.807, 2.05) is 0 Å². The fourth-order valence-corrected chi connectivity index (χ4v) is 1.51. The molecule has 0 spiro atoms. The maximum absolute atomic E-state index is 8.48. The van der Waals surface area contributed by atoms with Crippen LogP contribution in [0.3, 0.4) is 0 Å². The monoisotopic (exact) mass is 156 g/mol. The van der Waals surface area contributed by atoms with Crippen molar-refractivity contribution < 1.29 is 5.21 Å². The van der Waals surface area contributed by atoms with Gasteiger partial charge < -0.3 is 0 Å². The molecule has 64 valence electrons. The summed E-state index contributed by atoms with van der Waals surface area (Å²) in [6.07, 6.45) is 6.27. The Balaban J connectivity index is 2.34. The highest BCUT2D eigenvalue weighted by atomic mass is 16.5. The average Bonchev–Trinajstić information content (AvgIpc) is 2.06. The predicted octanol–water partition coefficient (Wildman–Crippen LogP) is 1.72. The number of hydrogen-bond acceptors (Lipinski definition) is 2. The second-order valence-electron chi connectivity index (χ2n) is 3.12. The van der Waals surface area contributed by atoms with Gasteiger partial charge in [-0.25, -0.2) is 0 Å². The minimum atomic E-state index is 0.448. The molecule has 2 N–H and O–H groups in total. The van der Waals surface area contributed by atoms with E-state index in [0.717, 1.165) is 0 Å². The van der Waals surface area contributed by atoms with Crippen molar-refractivity contribution in [1.29, 1.82) is 0 Å². The van der Waals surface area contributed by atoms with E-state index in [1.165, 1.54) is 32.1 Å². The van der Waals surface area contributed by atoms with E-state index in [4.69, 9.17) is 5.21 Å². The van der Waals surface area contributed by atoms with Crippen LogP contribution >= 0.6 is 0 Å². The maximum Gasteiger partial charge on any atom is 0.117 e. The molecule has 1 aliphatic rings. The lowest BCUT2D eigenvalue weighted by atomic mass is 9.96. The molecule has 1 aliphatic carbocycles. The molecule has 0 atom stereocenters. The normalized spacial score (nSPS) is 21.8. The van der Waals surface area contributed by atoms with Crippen LogP contribution in [0, 0.1) is 0 Å². The van der Waals surface area contributed by atoms with E-state index < -0.39 is 0 Å². The van der Waals surface area contributed by atoms with E-state index >= 15 is 0 Å². The Kier molecular flexibility index (Phi) is 3.36. The summed E-state index contributed by atoms with van der Waals surface area (Å²) < 4.78 is 0. The van der Waals surface area contributed by atoms with Crippen molar-refractivity contribution >= 4 is 5.84 Å². The minimum absolute atomic E-state index is 0.448. The van der Waals surface area contributed by atoms with Crippen molar-refractivity contribution in [2.24, 2.45) is 4.99 Å². The molecular weight excluding hydrogens is 140 g/mol. The van der Waals surface area contributed by atoms with Gasteiger partial charge in [-0.15, -0.1) is 0 Å². The molecule has 0 aromatic carbocycles. The molecule has 0 aliphatic heterocycles. The Morgan fingerprint density at radius 1 is 1.36 bits per heavy atom. The SMILES string of the molecule is CC(=NC1CCCCC1)NO. The first-order valence-electron chi connectivity index (χ1n) is 4.27. The van der Waals surface area contributed by atoms with Crippen LogP contribution in [-0.4, -0.2) is 17.1 Å². The Morgan fingerprint density at radius 2 is 2.00 bits per heavy atom. The Bertz CT molecular complexity index is 139. The second-order valence-corrected chi connectivity index (χ2v) is 3.12. The molecule has 0 heterocycles. The lowest BCUT2D eigenvalue weighted by Gasteiger charge is -2.17. The molecule has 3 nitrogen and oxygen atoms in total. The lowest BCUT2D eigenvalue weighted by molar-refractivity contribution is 0.232. The van der Waals surface area contributed by atoms with E-state index in [2.05, 4.69) is 10.5 Å². The molecule has 1 rings (SSSR count). The standard InChI is InChI=1S/C8H16N2O/c1-7(10-11)9-8-5-3-2-4-6-8/h8,11H,2-6H2,1H3,(H,9,10). The Morgan fingerprint density at radius 3 is 2.55 bits per heavy atom. The third-order valence-electron chi connectivity index (χ3n) is 2.11. The van der Waals surface area contributed by atoms with Crippen molar-refractivity contribution in [3.63, 3.8) is 0 Å². The zero-order valence-electron chi connectivity index (χ0n) is 7.01. The quantitative estimate of drug-likeness (QED) is 0.345. The first kappa shape index (κ1) is 8.53. The van der Waals surface area contributed by atoms with Gasteiger partial charge in [-0.1, -0.05) is 19.3 Å². The van der Waals surface area contributed by atoms with E-state index in [-0.39, 0.29) is 0 Å². The molecular formula is C8H16N2O. The van der Waals surface area contributed by atoms with Gasteiger partial charge in [0.25, 0.3) is 0 Å². The van der Waals surface area contributed by atoms with Crippen LogP contribution < -0.4 is 5.48 Å². The van der Waals surface area contributed by atoms with Gasteiger partial charge in [0.2, 0.25) is 0 Å². The number of aliphatic imine (C=N–C) groups is 1. The molecule has 3 heteroatoms. The van der Waals surface area contributed by atoms with Gasteiger partial charge in [0, 0.05) is 0 Å². The van der Waals surface area contributed by atoms with Gasteiger partial charge in [-0.2, -0.15) is 0 Å². The highest BCUT2D eigenvalue weighted by Gasteiger charge is 2.11. The number of hydrogen-bond donors (Lipinski definition) is 2. The van der Waals surface area contributed by atoms with E-state index in [0.29, 0.717) is 11.9 Å². The number of nitrogens with zero attached hydrogens (tertiary/aromatic N) is 1. The van der Waals surface area contributed by atoms with Crippen molar-refractivity contribution in [3.8, 4) is 0 Å². The van der Waals surface area contributed by atoms with E-state index in [9.17, 15) is 0 Å². The zero-order chi connectivity index (χ0) is 8.10. The summed E-state index contributed by atoms with van der Waals surface area (Å²) in [7, 11) is 0. The fraction of sp³-hybridized carbons (Fsp3) is 0.875. The Labute approximate surface area is 67.5 Å². The van der Waals surface area contributed by atoms with Gasteiger partial charge in [-0.05, 0) is 19.8 Å². The van der Waals surface area contributed by atoms with Gasteiger partial charge >= 0.3 is 0 Å². The Hall–Kier alpha value is -0.570. The molecule has 11 heavy (non-hydrogen) atoms. The minimum Gasteiger partial charge on any atom is -0.290 e. The predicted molar refractivity (Wildman–Crippen MR) is 44.9 cm³/mol. The summed E-state index contributed by atoms with van der Waals surface area (Å²) in [5, 5.41) is 8.48. The van der Waals surface area contributed by atoms with E-state index in [1.54, 1.807) is 6.92 Å². The zero-order valence-corrected chi connectivity index (χ0v) is 7.01. The van der Waals surface area contributed by atoms with Crippen molar-refractivity contribution in [2.75, 3.05) is 0 Å². The molecule has 0 bridgehead atoms.